The van der Waals surface area contributed by atoms with Crippen LogP contribution in [-0.4, -0.2) is 5.97 Å². The average molecular weight is 430 g/mol. The van der Waals surface area contributed by atoms with Gasteiger partial charge in [-0.2, -0.15) is 5.26 Å². The van der Waals surface area contributed by atoms with E-state index in [0.29, 0.717) is 28.7 Å². The number of ether oxygens (including phenoxy) is 1. The van der Waals surface area contributed by atoms with Gasteiger partial charge in [0.05, 0.1) is 17.2 Å². The number of benzene rings is 2. The van der Waals surface area contributed by atoms with Crippen molar-refractivity contribution < 1.29 is 9.53 Å². The van der Waals surface area contributed by atoms with Crippen molar-refractivity contribution in [1.82, 2.24) is 0 Å². The molecule has 0 saturated heterocycles. The summed E-state index contributed by atoms with van der Waals surface area (Å²) in [6.45, 7) is 6.27. The summed E-state index contributed by atoms with van der Waals surface area (Å²) >= 11 is 0. The minimum atomic E-state index is -0.380. The monoisotopic (exact) mass is 429 g/mol. The lowest BCUT2D eigenvalue weighted by Crippen LogP contribution is -2.20. The van der Waals surface area contributed by atoms with Gasteiger partial charge in [0.15, 0.2) is 0 Å². The molecule has 1 saturated carbocycles. The first-order valence-corrected chi connectivity index (χ1v) is 12.1. The molecule has 1 atom stereocenters. The zero-order chi connectivity index (χ0) is 22.8. The van der Waals surface area contributed by atoms with E-state index in [-0.39, 0.29) is 5.97 Å². The molecular weight excluding hydrogens is 394 g/mol. The smallest absolute Gasteiger partial charge is 0.343 e. The van der Waals surface area contributed by atoms with Gasteiger partial charge >= 0.3 is 5.97 Å². The average Bonchev–Trinajstić information content (AvgIpc) is 2.84. The van der Waals surface area contributed by atoms with Crippen LogP contribution in [0.2, 0.25) is 0 Å². The Kier molecular flexibility index (Phi) is 9.11. The molecule has 3 heteroatoms. The Bertz CT molecular complexity index is 900. The number of hydrogen-bond donors (Lipinski definition) is 0. The largest absolute Gasteiger partial charge is 0.423 e. The van der Waals surface area contributed by atoms with E-state index in [2.05, 4.69) is 31.7 Å². The lowest BCUT2D eigenvalue weighted by molar-refractivity contribution is 0.0734. The highest BCUT2D eigenvalue weighted by Crippen LogP contribution is 2.41. The number of nitrogens with zero attached hydrogens (tertiary/aromatic N) is 1. The van der Waals surface area contributed by atoms with E-state index in [1.54, 1.807) is 24.3 Å². The van der Waals surface area contributed by atoms with Gasteiger partial charge in [-0.25, -0.2) is 4.79 Å². The second-order valence-corrected chi connectivity index (χ2v) is 9.06. The summed E-state index contributed by atoms with van der Waals surface area (Å²) in [5.41, 5.74) is 2.36. The summed E-state index contributed by atoms with van der Waals surface area (Å²) in [4.78, 5) is 12.5. The topological polar surface area (TPSA) is 50.1 Å². The van der Waals surface area contributed by atoms with Crippen molar-refractivity contribution in [2.75, 3.05) is 0 Å². The van der Waals surface area contributed by atoms with E-state index in [1.165, 1.54) is 56.9 Å². The highest BCUT2D eigenvalue weighted by molar-refractivity contribution is 5.91. The van der Waals surface area contributed by atoms with Gasteiger partial charge < -0.3 is 4.74 Å². The third-order valence-electron chi connectivity index (χ3n) is 6.87. The third-order valence-corrected chi connectivity index (χ3v) is 6.87. The maximum atomic E-state index is 12.5. The van der Waals surface area contributed by atoms with Gasteiger partial charge in [0.25, 0.3) is 0 Å². The van der Waals surface area contributed by atoms with Crippen LogP contribution in [0.5, 0.6) is 5.75 Å². The highest BCUT2D eigenvalue weighted by Gasteiger charge is 2.28. The highest BCUT2D eigenvalue weighted by atomic mass is 16.5. The standard InChI is InChI=1S/C29H35NO2/c1-3-5-6-8-22-9-13-24(14-10-22)28(7-4-2)25-15-17-26(18-16-25)29(31)32-27-19-11-23(21-30)12-20-27/h4,11-12,15-20,22,24,28H,2-3,5-10,13-14H2,1H3. The minimum Gasteiger partial charge on any atom is -0.423 e. The molecule has 0 aromatic heterocycles. The summed E-state index contributed by atoms with van der Waals surface area (Å²) in [6, 6.07) is 16.5. The Morgan fingerprint density at radius 1 is 1.09 bits per heavy atom. The van der Waals surface area contributed by atoms with Crippen LogP contribution in [0.15, 0.2) is 61.2 Å². The predicted octanol–water partition coefficient (Wildman–Crippen LogP) is 7.82. The van der Waals surface area contributed by atoms with Gasteiger partial charge in [-0.15, -0.1) is 6.58 Å². The number of rotatable bonds is 10. The second-order valence-electron chi connectivity index (χ2n) is 9.06. The fourth-order valence-electron chi connectivity index (χ4n) is 4.97. The number of unbranched alkanes of at least 4 members (excludes halogenated alkanes) is 2. The van der Waals surface area contributed by atoms with Crippen molar-refractivity contribution in [3.63, 3.8) is 0 Å². The Morgan fingerprint density at radius 3 is 2.38 bits per heavy atom. The van der Waals surface area contributed by atoms with Crippen LogP contribution in [0.3, 0.4) is 0 Å². The molecule has 2 aromatic carbocycles. The number of carbonyl (C=O) groups excluding carboxylic acids is 1. The van der Waals surface area contributed by atoms with Crippen LogP contribution in [0.1, 0.15) is 92.1 Å². The second kappa shape index (κ2) is 12.2. The molecule has 32 heavy (non-hydrogen) atoms. The normalized spacial score (nSPS) is 19.0. The van der Waals surface area contributed by atoms with E-state index in [9.17, 15) is 4.79 Å². The third kappa shape index (κ3) is 6.57. The van der Waals surface area contributed by atoms with Gasteiger partial charge in [-0.3, -0.25) is 0 Å². The van der Waals surface area contributed by atoms with Crippen LogP contribution >= 0.6 is 0 Å². The Morgan fingerprint density at radius 2 is 1.78 bits per heavy atom. The fraction of sp³-hybridized carbons (Fsp3) is 0.448. The van der Waals surface area contributed by atoms with Crippen molar-refractivity contribution in [3.05, 3.63) is 77.9 Å². The number of nitriles is 1. The van der Waals surface area contributed by atoms with Crippen molar-refractivity contribution in [1.29, 1.82) is 5.26 Å². The Balaban J connectivity index is 1.60. The van der Waals surface area contributed by atoms with Gasteiger partial charge in [0.1, 0.15) is 5.75 Å². The van der Waals surface area contributed by atoms with E-state index in [1.807, 2.05) is 18.2 Å². The van der Waals surface area contributed by atoms with Crippen LogP contribution in [0, 0.1) is 23.2 Å². The number of allylic oxidation sites excluding steroid dienone is 1. The molecule has 1 unspecified atom stereocenters. The molecule has 3 rings (SSSR count). The molecule has 0 radical (unpaired) electrons. The number of esters is 1. The van der Waals surface area contributed by atoms with Crippen molar-refractivity contribution in [2.45, 2.75) is 70.6 Å². The number of carbonyl (C=O) groups is 1. The molecule has 1 fully saturated rings. The molecule has 0 bridgehead atoms. The van der Waals surface area contributed by atoms with Crippen molar-refractivity contribution in [2.24, 2.45) is 11.8 Å². The van der Waals surface area contributed by atoms with Crippen molar-refractivity contribution >= 4 is 5.97 Å². The molecule has 0 spiro atoms. The number of hydrogen-bond acceptors (Lipinski definition) is 3. The molecular formula is C29H35NO2. The summed E-state index contributed by atoms with van der Waals surface area (Å²) in [5, 5.41) is 8.88. The van der Waals surface area contributed by atoms with E-state index in [0.717, 1.165) is 12.3 Å². The van der Waals surface area contributed by atoms with Gasteiger partial charge in [-0.05, 0) is 79.0 Å². The first-order chi connectivity index (χ1) is 15.6. The summed E-state index contributed by atoms with van der Waals surface area (Å²) in [6.07, 6.45) is 13.7. The maximum Gasteiger partial charge on any atom is 0.343 e. The minimum absolute atomic E-state index is 0.380. The fourth-order valence-corrected chi connectivity index (χ4v) is 4.97. The predicted molar refractivity (Wildman–Crippen MR) is 130 cm³/mol. The van der Waals surface area contributed by atoms with Crippen molar-refractivity contribution in [3.8, 4) is 11.8 Å². The zero-order valence-electron chi connectivity index (χ0n) is 19.3. The maximum absolute atomic E-state index is 12.5. The Hall–Kier alpha value is -2.86. The molecule has 1 aliphatic rings. The summed E-state index contributed by atoms with van der Waals surface area (Å²) < 4.78 is 5.45. The first-order valence-electron chi connectivity index (χ1n) is 12.1. The van der Waals surface area contributed by atoms with E-state index >= 15 is 0 Å². The summed E-state index contributed by atoms with van der Waals surface area (Å²) in [7, 11) is 0. The Labute approximate surface area is 193 Å². The summed E-state index contributed by atoms with van der Waals surface area (Å²) in [5.74, 6) is 2.12. The van der Waals surface area contributed by atoms with Crippen LogP contribution in [0.25, 0.3) is 0 Å². The SMILES string of the molecule is C=CCC(c1ccc(C(=O)Oc2ccc(C#N)cc2)cc1)C1CCC(CCCCC)CC1. The van der Waals surface area contributed by atoms with Crippen LogP contribution in [0.4, 0.5) is 0 Å². The van der Waals surface area contributed by atoms with Crippen LogP contribution < -0.4 is 4.74 Å². The molecule has 1 aliphatic carbocycles. The zero-order valence-corrected chi connectivity index (χ0v) is 19.3. The van der Waals surface area contributed by atoms with Gasteiger partial charge in [0.2, 0.25) is 0 Å². The lowest BCUT2D eigenvalue weighted by atomic mass is 9.71. The van der Waals surface area contributed by atoms with E-state index < -0.39 is 0 Å². The molecule has 0 heterocycles. The first kappa shape index (κ1) is 23.8. The molecule has 0 N–H and O–H groups in total. The van der Waals surface area contributed by atoms with Gasteiger partial charge in [-0.1, -0.05) is 63.7 Å². The van der Waals surface area contributed by atoms with E-state index in [4.69, 9.17) is 10.00 Å². The molecule has 168 valence electrons. The lowest BCUT2D eigenvalue weighted by Gasteiger charge is -2.34. The molecule has 0 amide bonds. The van der Waals surface area contributed by atoms with Gasteiger partial charge in [0, 0.05) is 0 Å². The quantitative estimate of drug-likeness (QED) is 0.167. The molecule has 2 aromatic rings. The van der Waals surface area contributed by atoms with Crippen LogP contribution in [-0.2, 0) is 0 Å². The molecule has 0 aliphatic heterocycles. The molecule has 3 nitrogen and oxygen atoms in total.